The van der Waals surface area contributed by atoms with Gasteiger partial charge in [-0.05, 0) is 37.5 Å². The largest absolute Gasteiger partial charge is 0.390 e. The van der Waals surface area contributed by atoms with Gasteiger partial charge in [-0.25, -0.2) is 0 Å². The molecule has 0 aliphatic heterocycles. The van der Waals surface area contributed by atoms with Crippen LogP contribution in [0.5, 0.6) is 0 Å². The van der Waals surface area contributed by atoms with Gasteiger partial charge in [0.1, 0.15) is 0 Å². The molecule has 2 heteroatoms. The van der Waals surface area contributed by atoms with Crippen molar-refractivity contribution in [2.24, 2.45) is 5.41 Å². The molecular weight excluding hydrogens is 184 g/mol. The average molecular weight is 203 g/mol. The molecule has 2 bridgehead atoms. The van der Waals surface area contributed by atoms with Gasteiger partial charge in [-0.2, -0.15) is 0 Å². The highest BCUT2D eigenvalue weighted by Gasteiger charge is 2.55. The minimum absolute atomic E-state index is 0.0856. The van der Waals surface area contributed by atoms with Crippen molar-refractivity contribution in [1.29, 1.82) is 0 Å². The first-order valence-corrected chi connectivity index (χ1v) is 5.68. The van der Waals surface area contributed by atoms with Gasteiger partial charge in [-0.1, -0.05) is 20.3 Å². The van der Waals surface area contributed by atoms with Crippen LogP contribution < -0.4 is 0 Å². The predicted molar refractivity (Wildman–Crippen MR) is 55.0 cm³/mol. The van der Waals surface area contributed by atoms with Gasteiger partial charge in [0.05, 0.1) is 5.60 Å². The number of hydrogen-bond donors (Lipinski definition) is 1. The first-order chi connectivity index (χ1) is 5.89. The van der Waals surface area contributed by atoms with Crippen LogP contribution >= 0.6 is 11.6 Å². The zero-order chi connectivity index (χ0) is 9.74. The Morgan fingerprint density at radius 3 is 2.46 bits per heavy atom. The molecule has 2 rings (SSSR count). The molecule has 1 N–H and O–H groups in total. The van der Waals surface area contributed by atoms with Gasteiger partial charge in [-0.15, -0.1) is 11.6 Å². The fraction of sp³-hybridized carbons (Fsp3) is 1.00. The first kappa shape index (κ1) is 9.79. The topological polar surface area (TPSA) is 20.2 Å². The number of hydrogen-bond acceptors (Lipinski definition) is 1. The zero-order valence-electron chi connectivity index (χ0n) is 8.57. The molecule has 0 aromatic heterocycles. The molecule has 2 saturated carbocycles. The summed E-state index contributed by atoms with van der Waals surface area (Å²) in [4.78, 5) is -0.0856. The van der Waals surface area contributed by atoms with E-state index >= 15 is 0 Å². The van der Waals surface area contributed by atoms with Gasteiger partial charge in [0, 0.05) is 4.87 Å². The Morgan fingerprint density at radius 1 is 1.23 bits per heavy atom. The Morgan fingerprint density at radius 2 is 1.92 bits per heavy atom. The highest BCUT2D eigenvalue weighted by molar-refractivity contribution is 6.24. The second-order valence-corrected chi connectivity index (χ2v) is 6.37. The van der Waals surface area contributed by atoms with Crippen molar-refractivity contribution in [3.8, 4) is 0 Å². The van der Waals surface area contributed by atoms with E-state index in [0.29, 0.717) is 0 Å². The minimum Gasteiger partial charge on any atom is -0.390 e. The molecule has 0 amide bonds. The summed E-state index contributed by atoms with van der Waals surface area (Å²) in [5.74, 6) is 0. The average Bonchev–Trinajstić information content (AvgIpc) is 2.21. The molecule has 2 aliphatic carbocycles. The summed E-state index contributed by atoms with van der Waals surface area (Å²) < 4.78 is 0. The number of alkyl halides is 1. The molecule has 13 heavy (non-hydrogen) atoms. The lowest BCUT2D eigenvalue weighted by Gasteiger charge is -2.44. The molecule has 0 saturated heterocycles. The smallest absolute Gasteiger partial charge is 0.0670 e. The van der Waals surface area contributed by atoms with Gasteiger partial charge >= 0.3 is 0 Å². The predicted octanol–water partition coefficient (Wildman–Crippen LogP) is 3.09. The van der Waals surface area contributed by atoms with Gasteiger partial charge < -0.3 is 5.11 Å². The van der Waals surface area contributed by atoms with Crippen LogP contribution in [-0.4, -0.2) is 15.6 Å². The van der Waals surface area contributed by atoms with Crippen LogP contribution in [0.1, 0.15) is 52.4 Å². The summed E-state index contributed by atoms with van der Waals surface area (Å²) >= 11 is 6.49. The summed E-state index contributed by atoms with van der Waals surface area (Å²) in [7, 11) is 0. The van der Waals surface area contributed by atoms with Gasteiger partial charge in [0.2, 0.25) is 0 Å². The summed E-state index contributed by atoms with van der Waals surface area (Å²) in [6, 6.07) is 0. The lowest BCUT2D eigenvalue weighted by Crippen LogP contribution is -2.43. The number of fused-ring (bicyclic) bond motifs is 2. The van der Waals surface area contributed by atoms with E-state index in [1.807, 2.05) is 0 Å². The monoisotopic (exact) mass is 202 g/mol. The van der Waals surface area contributed by atoms with Crippen LogP contribution in [-0.2, 0) is 0 Å². The van der Waals surface area contributed by atoms with E-state index in [4.69, 9.17) is 11.6 Å². The molecule has 3 unspecified atom stereocenters. The van der Waals surface area contributed by atoms with E-state index in [9.17, 15) is 5.11 Å². The van der Waals surface area contributed by atoms with Gasteiger partial charge in [-0.3, -0.25) is 0 Å². The summed E-state index contributed by atoms with van der Waals surface area (Å²) in [5.41, 5.74) is -0.171. The highest BCUT2D eigenvalue weighted by atomic mass is 35.5. The van der Waals surface area contributed by atoms with Crippen LogP contribution in [0.2, 0.25) is 0 Å². The maximum atomic E-state index is 10.3. The molecule has 0 radical (unpaired) electrons. The second kappa shape index (κ2) is 2.64. The lowest BCUT2D eigenvalue weighted by molar-refractivity contribution is -0.0287. The third-order valence-electron chi connectivity index (χ3n) is 4.04. The molecule has 0 aromatic rings. The molecule has 1 nitrogen and oxygen atoms in total. The van der Waals surface area contributed by atoms with E-state index in [1.165, 1.54) is 0 Å². The molecule has 2 aliphatic rings. The summed E-state index contributed by atoms with van der Waals surface area (Å²) in [6.07, 6.45) is 5.89. The quantitative estimate of drug-likeness (QED) is 0.648. The standard InChI is InChI=1S/C11H19ClO/c1-3-9(2)6-10(12)4-5-11(13,7-9)8-10/h13H,3-8H2,1-2H3. The van der Waals surface area contributed by atoms with Crippen molar-refractivity contribution in [2.75, 3.05) is 0 Å². The third-order valence-corrected chi connectivity index (χ3v) is 4.49. The molecule has 2 fully saturated rings. The minimum atomic E-state index is -0.440. The Bertz CT molecular complexity index is 210. The van der Waals surface area contributed by atoms with E-state index in [0.717, 1.165) is 38.5 Å². The lowest BCUT2D eigenvalue weighted by atomic mass is 9.67. The number of aliphatic hydroxyl groups is 1. The molecule has 3 atom stereocenters. The van der Waals surface area contributed by atoms with Crippen molar-refractivity contribution in [1.82, 2.24) is 0 Å². The van der Waals surface area contributed by atoms with E-state index < -0.39 is 5.60 Å². The van der Waals surface area contributed by atoms with E-state index in [2.05, 4.69) is 13.8 Å². The molecule has 76 valence electrons. The Hall–Kier alpha value is 0.250. The van der Waals surface area contributed by atoms with Crippen LogP contribution in [0.15, 0.2) is 0 Å². The van der Waals surface area contributed by atoms with Crippen LogP contribution in [0.4, 0.5) is 0 Å². The fourth-order valence-corrected chi connectivity index (χ4v) is 4.06. The SMILES string of the molecule is CCC1(C)CC2(O)CCC(Cl)(C1)C2. The fourth-order valence-electron chi connectivity index (χ4n) is 3.40. The van der Waals surface area contributed by atoms with Crippen molar-refractivity contribution in [3.05, 3.63) is 0 Å². The van der Waals surface area contributed by atoms with Gasteiger partial charge in [0.25, 0.3) is 0 Å². The molecule has 0 aromatic carbocycles. The number of rotatable bonds is 1. The van der Waals surface area contributed by atoms with Crippen LogP contribution in [0, 0.1) is 5.41 Å². The molecular formula is C11H19ClO. The first-order valence-electron chi connectivity index (χ1n) is 5.30. The maximum Gasteiger partial charge on any atom is 0.0670 e. The van der Waals surface area contributed by atoms with Crippen molar-refractivity contribution >= 4 is 11.6 Å². The van der Waals surface area contributed by atoms with Crippen molar-refractivity contribution in [3.63, 3.8) is 0 Å². The Labute approximate surface area is 85.5 Å². The maximum absolute atomic E-state index is 10.3. The Balaban J connectivity index is 2.25. The highest BCUT2D eigenvalue weighted by Crippen LogP contribution is 2.58. The van der Waals surface area contributed by atoms with E-state index in [1.54, 1.807) is 0 Å². The van der Waals surface area contributed by atoms with Crippen molar-refractivity contribution in [2.45, 2.75) is 62.8 Å². The normalized spacial score (nSPS) is 55.4. The van der Waals surface area contributed by atoms with E-state index in [-0.39, 0.29) is 10.3 Å². The van der Waals surface area contributed by atoms with Crippen molar-refractivity contribution < 1.29 is 5.11 Å². The van der Waals surface area contributed by atoms with Gasteiger partial charge in [0.15, 0.2) is 0 Å². The summed E-state index contributed by atoms with van der Waals surface area (Å²) in [5, 5.41) is 10.3. The number of halogens is 1. The Kier molecular flexibility index (Phi) is 1.99. The third kappa shape index (κ3) is 1.61. The molecule has 0 spiro atoms. The molecule has 0 heterocycles. The second-order valence-electron chi connectivity index (χ2n) is 5.57. The zero-order valence-corrected chi connectivity index (χ0v) is 9.32. The van der Waals surface area contributed by atoms with Crippen LogP contribution in [0.25, 0.3) is 0 Å². The summed E-state index contributed by atoms with van der Waals surface area (Å²) in [6.45, 7) is 4.47. The van der Waals surface area contributed by atoms with Crippen LogP contribution in [0.3, 0.4) is 0 Å².